The largest absolute Gasteiger partial charge is 0.490 e. The van der Waals surface area contributed by atoms with Crippen molar-refractivity contribution in [1.82, 2.24) is 5.32 Å². The molecule has 1 aromatic rings. The topological polar surface area (TPSA) is 30.5 Å². The van der Waals surface area contributed by atoms with E-state index >= 15 is 0 Å². The zero-order chi connectivity index (χ0) is 14.8. The van der Waals surface area contributed by atoms with E-state index in [1.165, 1.54) is 12.0 Å². The summed E-state index contributed by atoms with van der Waals surface area (Å²) in [5, 5.41) is 3.44. The molecule has 0 aromatic heterocycles. The fourth-order valence-corrected chi connectivity index (χ4v) is 1.79. The van der Waals surface area contributed by atoms with Gasteiger partial charge in [-0.05, 0) is 43.5 Å². The molecule has 1 rings (SSSR count). The quantitative estimate of drug-likeness (QED) is 0.558. The van der Waals surface area contributed by atoms with E-state index in [4.69, 9.17) is 15.9 Å². The van der Waals surface area contributed by atoms with Crippen molar-refractivity contribution in [2.75, 3.05) is 19.8 Å². The van der Waals surface area contributed by atoms with Crippen LogP contribution in [0.1, 0.15) is 32.8 Å². The van der Waals surface area contributed by atoms with Gasteiger partial charge < -0.3 is 14.8 Å². The lowest BCUT2D eigenvalue weighted by Crippen LogP contribution is -2.16. The molecule has 21 heavy (non-hydrogen) atoms. The highest BCUT2D eigenvalue weighted by Crippen LogP contribution is 2.28. The second-order valence-corrected chi connectivity index (χ2v) is 5.07. The zero-order valence-electron chi connectivity index (χ0n) is 13.1. The minimum absolute atomic E-state index is 0. The van der Waals surface area contributed by atoms with Gasteiger partial charge in [0.1, 0.15) is 6.61 Å². The van der Waals surface area contributed by atoms with Gasteiger partial charge in [-0.2, -0.15) is 0 Å². The molecule has 0 aliphatic heterocycles. The molecule has 0 radical (unpaired) electrons. The van der Waals surface area contributed by atoms with Crippen LogP contribution in [0.5, 0.6) is 11.5 Å². The number of halogens is 1. The molecule has 0 heterocycles. The first-order chi connectivity index (χ1) is 9.67. The van der Waals surface area contributed by atoms with Crippen molar-refractivity contribution >= 4 is 12.4 Å². The van der Waals surface area contributed by atoms with Crippen LogP contribution in [0.15, 0.2) is 18.2 Å². The summed E-state index contributed by atoms with van der Waals surface area (Å²) in [6.07, 6.45) is 6.39. The van der Waals surface area contributed by atoms with E-state index in [1.54, 1.807) is 0 Å². The highest BCUT2D eigenvalue weighted by atomic mass is 35.5. The van der Waals surface area contributed by atoms with Crippen LogP contribution in [-0.2, 0) is 6.54 Å². The van der Waals surface area contributed by atoms with Gasteiger partial charge in [0.15, 0.2) is 11.5 Å². The van der Waals surface area contributed by atoms with E-state index in [0.717, 1.165) is 24.8 Å². The smallest absolute Gasteiger partial charge is 0.162 e. The van der Waals surface area contributed by atoms with Crippen LogP contribution in [-0.4, -0.2) is 19.8 Å². The highest BCUT2D eigenvalue weighted by Gasteiger charge is 2.06. The Hall–Kier alpha value is -1.37. The molecule has 4 heteroatoms. The minimum atomic E-state index is 0. The third kappa shape index (κ3) is 7.84. The molecular formula is C17H26ClNO2. The molecule has 1 N–H and O–H groups in total. The Morgan fingerprint density at radius 3 is 2.62 bits per heavy atom. The molecule has 0 amide bonds. The van der Waals surface area contributed by atoms with Crippen molar-refractivity contribution in [2.24, 2.45) is 5.92 Å². The van der Waals surface area contributed by atoms with Gasteiger partial charge in [0.25, 0.3) is 0 Å². The molecule has 0 saturated carbocycles. The molecule has 0 bridgehead atoms. The highest BCUT2D eigenvalue weighted by molar-refractivity contribution is 5.85. The van der Waals surface area contributed by atoms with Crippen molar-refractivity contribution in [3.05, 3.63) is 23.8 Å². The molecule has 3 nitrogen and oxygen atoms in total. The zero-order valence-corrected chi connectivity index (χ0v) is 14.0. The maximum atomic E-state index is 5.60. The molecule has 0 spiro atoms. The van der Waals surface area contributed by atoms with Gasteiger partial charge in [-0.25, -0.2) is 0 Å². The second-order valence-electron chi connectivity index (χ2n) is 5.07. The lowest BCUT2D eigenvalue weighted by atomic mass is 10.1. The van der Waals surface area contributed by atoms with E-state index in [0.29, 0.717) is 12.4 Å². The minimum Gasteiger partial charge on any atom is -0.490 e. The molecule has 0 fully saturated rings. The summed E-state index contributed by atoms with van der Waals surface area (Å²) in [6, 6.07) is 5.97. The summed E-state index contributed by atoms with van der Waals surface area (Å²) in [6.45, 7) is 9.14. The average molecular weight is 312 g/mol. The van der Waals surface area contributed by atoms with Crippen LogP contribution in [0.25, 0.3) is 0 Å². The molecule has 0 aliphatic rings. The van der Waals surface area contributed by atoms with Crippen molar-refractivity contribution in [2.45, 2.75) is 33.7 Å². The number of terminal acetylenes is 1. The van der Waals surface area contributed by atoms with Crippen LogP contribution in [0.3, 0.4) is 0 Å². The van der Waals surface area contributed by atoms with Gasteiger partial charge in [-0.1, -0.05) is 25.8 Å². The number of benzene rings is 1. The summed E-state index contributed by atoms with van der Waals surface area (Å²) < 4.78 is 11.1. The molecular weight excluding hydrogens is 286 g/mol. The van der Waals surface area contributed by atoms with E-state index in [2.05, 4.69) is 25.1 Å². The van der Waals surface area contributed by atoms with Gasteiger partial charge in [0.2, 0.25) is 0 Å². The summed E-state index contributed by atoms with van der Waals surface area (Å²) >= 11 is 0. The lowest BCUT2D eigenvalue weighted by molar-refractivity contribution is 0.299. The fraction of sp³-hybridized carbons (Fsp3) is 0.529. The molecule has 1 aromatic carbocycles. The Labute approximate surface area is 134 Å². The number of ether oxygens (including phenoxy) is 2. The fourth-order valence-electron chi connectivity index (χ4n) is 1.79. The maximum absolute atomic E-state index is 5.60. The first-order valence-electron chi connectivity index (χ1n) is 7.20. The van der Waals surface area contributed by atoms with E-state index in [-0.39, 0.29) is 19.0 Å². The SMILES string of the molecule is C#CCOc1ccc(CNCCC(C)C)cc1OCC.Cl. The molecule has 0 atom stereocenters. The van der Waals surface area contributed by atoms with Crippen molar-refractivity contribution in [3.63, 3.8) is 0 Å². The van der Waals surface area contributed by atoms with Gasteiger partial charge >= 0.3 is 0 Å². The van der Waals surface area contributed by atoms with E-state index < -0.39 is 0 Å². The monoisotopic (exact) mass is 311 g/mol. The standard InChI is InChI=1S/C17H25NO2.ClH/c1-5-11-20-16-8-7-15(12-17(16)19-6-2)13-18-10-9-14(3)4;/h1,7-8,12,14,18H,6,9-11,13H2,2-4H3;1H. The summed E-state index contributed by atoms with van der Waals surface area (Å²) in [5.41, 5.74) is 1.19. The maximum Gasteiger partial charge on any atom is 0.162 e. The van der Waals surface area contributed by atoms with Crippen LogP contribution in [0, 0.1) is 18.3 Å². The lowest BCUT2D eigenvalue weighted by Gasteiger charge is -2.13. The van der Waals surface area contributed by atoms with Crippen molar-refractivity contribution < 1.29 is 9.47 Å². The predicted molar refractivity (Wildman–Crippen MR) is 90.3 cm³/mol. The Balaban J connectivity index is 0.00000400. The predicted octanol–water partition coefficient (Wildman–Crippen LogP) is 3.65. The Bertz CT molecular complexity index is 441. The summed E-state index contributed by atoms with van der Waals surface area (Å²) in [7, 11) is 0. The number of hydrogen-bond acceptors (Lipinski definition) is 3. The first kappa shape index (κ1) is 19.6. The van der Waals surface area contributed by atoms with Crippen LogP contribution < -0.4 is 14.8 Å². The van der Waals surface area contributed by atoms with Crippen molar-refractivity contribution in [1.29, 1.82) is 0 Å². The van der Waals surface area contributed by atoms with Crippen LogP contribution in [0.4, 0.5) is 0 Å². The third-order valence-electron chi connectivity index (χ3n) is 2.85. The summed E-state index contributed by atoms with van der Waals surface area (Å²) in [4.78, 5) is 0. The Morgan fingerprint density at radius 2 is 2.00 bits per heavy atom. The van der Waals surface area contributed by atoms with E-state index in [9.17, 15) is 0 Å². The van der Waals surface area contributed by atoms with Gasteiger partial charge in [0, 0.05) is 6.54 Å². The Morgan fingerprint density at radius 1 is 1.24 bits per heavy atom. The molecule has 0 unspecified atom stereocenters. The van der Waals surface area contributed by atoms with Gasteiger partial charge in [0.05, 0.1) is 6.61 Å². The van der Waals surface area contributed by atoms with Crippen molar-refractivity contribution in [3.8, 4) is 23.8 Å². The van der Waals surface area contributed by atoms with Crippen LogP contribution >= 0.6 is 12.4 Å². The third-order valence-corrected chi connectivity index (χ3v) is 2.85. The Kier molecular flexibility index (Phi) is 10.6. The number of nitrogens with one attached hydrogen (secondary N) is 1. The van der Waals surface area contributed by atoms with E-state index in [1.807, 2.05) is 25.1 Å². The first-order valence-corrected chi connectivity index (χ1v) is 7.20. The van der Waals surface area contributed by atoms with Crippen LogP contribution in [0.2, 0.25) is 0 Å². The second kappa shape index (κ2) is 11.3. The summed E-state index contributed by atoms with van der Waals surface area (Å²) in [5.74, 6) is 4.65. The van der Waals surface area contributed by atoms with Gasteiger partial charge in [-0.15, -0.1) is 18.8 Å². The normalized spacial score (nSPS) is 9.86. The average Bonchev–Trinajstić information content (AvgIpc) is 2.43. The molecule has 0 aliphatic carbocycles. The number of rotatable bonds is 9. The van der Waals surface area contributed by atoms with Gasteiger partial charge in [-0.3, -0.25) is 0 Å². The molecule has 118 valence electrons. The molecule has 0 saturated heterocycles. The number of hydrogen-bond donors (Lipinski definition) is 1.